The first-order valence-electron chi connectivity index (χ1n) is 6.36. The van der Waals surface area contributed by atoms with E-state index in [2.05, 4.69) is 9.71 Å². The van der Waals surface area contributed by atoms with Crippen molar-refractivity contribution in [3.8, 4) is 0 Å². The van der Waals surface area contributed by atoms with E-state index in [-0.39, 0.29) is 11.4 Å². The molecule has 1 aromatic heterocycles. The normalized spacial score (nSPS) is 11.9. The van der Waals surface area contributed by atoms with Gasteiger partial charge in [0.25, 0.3) is 0 Å². The minimum atomic E-state index is -3.64. The van der Waals surface area contributed by atoms with E-state index >= 15 is 0 Å². The number of aromatic amines is 1. The van der Waals surface area contributed by atoms with Crippen molar-refractivity contribution in [3.63, 3.8) is 0 Å². The highest BCUT2D eigenvalue weighted by Gasteiger charge is 2.13. The first-order valence-corrected chi connectivity index (χ1v) is 7.84. The smallest absolute Gasteiger partial charge is 0.240 e. The monoisotopic (exact) mass is 304 g/mol. The number of sulfonamides is 1. The first-order chi connectivity index (χ1) is 10.0. The predicted molar refractivity (Wildman–Crippen MR) is 78.7 cm³/mol. The molecular weight excluding hydrogens is 291 g/mol. The van der Waals surface area contributed by atoms with Gasteiger partial charge in [0.2, 0.25) is 10.0 Å². The zero-order valence-corrected chi connectivity index (χ0v) is 11.8. The highest BCUT2D eigenvalue weighted by atomic mass is 32.2. The number of hydrogen-bond acceptors (Lipinski definition) is 2. The highest BCUT2D eigenvalue weighted by molar-refractivity contribution is 7.89. The van der Waals surface area contributed by atoms with Gasteiger partial charge in [0.1, 0.15) is 5.82 Å². The number of halogens is 1. The molecule has 6 heteroatoms. The van der Waals surface area contributed by atoms with Crippen LogP contribution in [0, 0.1) is 5.82 Å². The molecule has 0 amide bonds. The van der Waals surface area contributed by atoms with Crippen LogP contribution < -0.4 is 4.72 Å². The van der Waals surface area contributed by atoms with Gasteiger partial charge in [-0.3, -0.25) is 0 Å². The lowest BCUT2D eigenvalue weighted by Crippen LogP contribution is -2.23. The zero-order chi connectivity index (χ0) is 14.9. The summed E-state index contributed by atoms with van der Waals surface area (Å²) in [4.78, 5) is 3.12. The van der Waals surface area contributed by atoms with E-state index in [1.54, 1.807) is 0 Å². The van der Waals surface area contributed by atoms with Crippen LogP contribution in [0.1, 0.15) is 5.56 Å². The van der Waals surface area contributed by atoms with Gasteiger partial charge < -0.3 is 4.98 Å². The van der Waals surface area contributed by atoms with Crippen LogP contribution in [0.2, 0.25) is 0 Å². The Morgan fingerprint density at radius 1 is 1.05 bits per heavy atom. The lowest BCUT2D eigenvalue weighted by Gasteiger charge is -2.07. The second-order valence-corrected chi connectivity index (χ2v) is 6.44. The maximum Gasteiger partial charge on any atom is 0.240 e. The quantitative estimate of drug-likeness (QED) is 0.778. The predicted octanol–water partition coefficient (Wildman–Crippen LogP) is 2.79. The van der Waals surface area contributed by atoms with Crippen molar-refractivity contribution < 1.29 is 12.8 Å². The van der Waals surface area contributed by atoms with Crippen LogP contribution in [-0.2, 0) is 16.6 Å². The number of hydrogen-bond donors (Lipinski definition) is 2. The van der Waals surface area contributed by atoms with Crippen molar-refractivity contribution in [2.24, 2.45) is 0 Å². The molecule has 0 aliphatic rings. The molecule has 3 aromatic rings. The minimum Gasteiger partial charge on any atom is -0.361 e. The van der Waals surface area contributed by atoms with Gasteiger partial charge >= 0.3 is 0 Å². The van der Waals surface area contributed by atoms with Crippen molar-refractivity contribution in [2.45, 2.75) is 11.4 Å². The molecule has 0 saturated carbocycles. The third kappa shape index (κ3) is 2.96. The maximum atomic E-state index is 12.8. The number of rotatable bonds is 4. The number of fused-ring (bicyclic) bond motifs is 1. The lowest BCUT2D eigenvalue weighted by atomic mass is 10.2. The molecule has 2 aromatic carbocycles. The Labute approximate surface area is 121 Å². The molecule has 0 aliphatic carbocycles. The molecule has 1 heterocycles. The van der Waals surface area contributed by atoms with Gasteiger partial charge in [0.15, 0.2) is 0 Å². The topological polar surface area (TPSA) is 62.0 Å². The second kappa shape index (κ2) is 5.31. The molecule has 21 heavy (non-hydrogen) atoms. The fourth-order valence-electron chi connectivity index (χ4n) is 2.08. The highest BCUT2D eigenvalue weighted by Crippen LogP contribution is 2.15. The van der Waals surface area contributed by atoms with Crippen LogP contribution >= 0.6 is 0 Å². The number of nitrogens with one attached hydrogen (secondary N) is 2. The molecule has 4 nitrogen and oxygen atoms in total. The summed E-state index contributed by atoms with van der Waals surface area (Å²) in [5, 5.41) is 1.07. The van der Waals surface area contributed by atoms with Gasteiger partial charge in [-0.25, -0.2) is 17.5 Å². The van der Waals surface area contributed by atoms with Gasteiger partial charge in [-0.05, 0) is 47.3 Å². The number of H-pyrrole nitrogens is 1. The summed E-state index contributed by atoms with van der Waals surface area (Å²) in [6.45, 7) is 0.175. The van der Waals surface area contributed by atoms with Gasteiger partial charge in [0, 0.05) is 18.3 Å². The molecule has 0 fully saturated rings. The molecule has 2 N–H and O–H groups in total. The number of aromatic nitrogens is 1. The third-order valence-corrected chi connectivity index (χ3v) is 4.63. The summed E-state index contributed by atoms with van der Waals surface area (Å²) >= 11 is 0. The van der Waals surface area contributed by atoms with Crippen molar-refractivity contribution in [2.75, 3.05) is 0 Å². The molecule has 0 radical (unpaired) electrons. The summed E-state index contributed by atoms with van der Waals surface area (Å²) in [5.74, 6) is -0.467. The van der Waals surface area contributed by atoms with Crippen LogP contribution in [0.4, 0.5) is 4.39 Å². The average molecular weight is 304 g/mol. The molecule has 0 spiro atoms. The molecule has 0 bridgehead atoms. The Balaban J connectivity index is 1.78. The van der Waals surface area contributed by atoms with Gasteiger partial charge in [0.05, 0.1) is 4.90 Å². The Bertz CT molecular complexity index is 870. The summed E-state index contributed by atoms with van der Waals surface area (Å²) < 4.78 is 39.5. The molecule has 0 unspecified atom stereocenters. The van der Waals surface area contributed by atoms with E-state index in [9.17, 15) is 12.8 Å². The summed E-state index contributed by atoms with van der Waals surface area (Å²) in [6, 6.07) is 12.4. The van der Waals surface area contributed by atoms with Gasteiger partial charge in [-0.15, -0.1) is 0 Å². The van der Waals surface area contributed by atoms with E-state index < -0.39 is 15.8 Å². The van der Waals surface area contributed by atoms with Gasteiger partial charge in [-0.1, -0.05) is 12.1 Å². The number of benzene rings is 2. The fourth-order valence-corrected chi connectivity index (χ4v) is 3.10. The lowest BCUT2D eigenvalue weighted by molar-refractivity contribution is 0.580. The Morgan fingerprint density at radius 2 is 1.81 bits per heavy atom. The molecule has 0 aliphatic heterocycles. The Hall–Kier alpha value is -2.18. The third-order valence-electron chi connectivity index (χ3n) is 3.21. The molecular formula is C15H13FN2O2S. The summed E-state index contributed by atoms with van der Waals surface area (Å²) in [5.41, 5.74) is 1.80. The minimum absolute atomic E-state index is 0.0462. The van der Waals surface area contributed by atoms with Crippen molar-refractivity contribution in [1.82, 2.24) is 9.71 Å². The van der Waals surface area contributed by atoms with E-state index in [0.717, 1.165) is 28.6 Å². The van der Waals surface area contributed by atoms with Crippen LogP contribution in [0.3, 0.4) is 0 Å². The van der Waals surface area contributed by atoms with E-state index in [1.807, 2.05) is 30.5 Å². The van der Waals surface area contributed by atoms with E-state index in [0.29, 0.717) is 0 Å². The van der Waals surface area contributed by atoms with Crippen molar-refractivity contribution in [1.29, 1.82) is 0 Å². The van der Waals surface area contributed by atoms with Gasteiger partial charge in [-0.2, -0.15) is 0 Å². The van der Waals surface area contributed by atoms with Crippen LogP contribution in [0.15, 0.2) is 59.6 Å². The van der Waals surface area contributed by atoms with E-state index in [4.69, 9.17) is 0 Å². The van der Waals surface area contributed by atoms with Crippen LogP contribution in [0.25, 0.3) is 10.9 Å². The van der Waals surface area contributed by atoms with Crippen LogP contribution in [-0.4, -0.2) is 13.4 Å². The van der Waals surface area contributed by atoms with Crippen LogP contribution in [0.5, 0.6) is 0 Å². The summed E-state index contributed by atoms with van der Waals surface area (Å²) in [7, 11) is -3.64. The largest absolute Gasteiger partial charge is 0.361 e. The Morgan fingerprint density at radius 3 is 2.57 bits per heavy atom. The Kier molecular flexibility index (Phi) is 3.48. The van der Waals surface area contributed by atoms with Crippen molar-refractivity contribution in [3.05, 3.63) is 66.1 Å². The van der Waals surface area contributed by atoms with E-state index in [1.165, 1.54) is 12.1 Å². The zero-order valence-electron chi connectivity index (χ0n) is 11.0. The summed E-state index contributed by atoms with van der Waals surface area (Å²) in [6.07, 6.45) is 1.83. The second-order valence-electron chi connectivity index (χ2n) is 4.68. The SMILES string of the molecule is O=S(=O)(NCc1ccc2cc[nH]c2c1)c1ccc(F)cc1. The average Bonchev–Trinajstić information content (AvgIpc) is 2.93. The standard InChI is InChI=1S/C15H13FN2O2S/c16-13-3-5-14(6-4-13)21(19,20)18-10-11-1-2-12-7-8-17-15(12)9-11/h1-9,17-18H,10H2. The molecule has 3 rings (SSSR count). The maximum absolute atomic E-state index is 12.8. The fraction of sp³-hybridized carbons (Fsp3) is 0.0667. The molecule has 0 atom stereocenters. The van der Waals surface area contributed by atoms with Crippen molar-refractivity contribution >= 4 is 20.9 Å². The molecule has 0 saturated heterocycles. The first kappa shape index (κ1) is 13.8. The molecule has 108 valence electrons.